The molecule has 2 aromatic heterocycles. The molecule has 0 bridgehead atoms. The molecule has 0 aliphatic carbocycles. The maximum Gasteiger partial charge on any atom is 0.244 e. The van der Waals surface area contributed by atoms with E-state index in [0.29, 0.717) is 17.2 Å². The third-order valence-corrected chi connectivity index (χ3v) is 6.40. The highest BCUT2D eigenvalue weighted by Crippen LogP contribution is 2.43. The number of imidazole rings is 1. The van der Waals surface area contributed by atoms with Crippen molar-refractivity contribution in [1.82, 2.24) is 20.2 Å². The largest absolute Gasteiger partial charge is 0.337 e. The van der Waals surface area contributed by atoms with Crippen LogP contribution in [0.25, 0.3) is 33.5 Å². The van der Waals surface area contributed by atoms with Crippen LogP contribution in [-0.2, 0) is 15.0 Å². The van der Waals surface area contributed by atoms with Crippen molar-refractivity contribution in [1.29, 1.82) is 0 Å². The quantitative estimate of drug-likeness (QED) is 0.378. The third kappa shape index (κ3) is 3.07. The zero-order valence-corrected chi connectivity index (χ0v) is 18.7. The second kappa shape index (κ2) is 7.28. The second-order valence-corrected chi connectivity index (χ2v) is 9.02. The van der Waals surface area contributed by atoms with Crippen molar-refractivity contribution in [2.45, 2.75) is 19.3 Å². The first-order valence-electron chi connectivity index (χ1n) is 11.1. The van der Waals surface area contributed by atoms with Gasteiger partial charge in [0.15, 0.2) is 5.82 Å². The number of rotatable bonds is 4. The summed E-state index contributed by atoms with van der Waals surface area (Å²) in [5.74, 6) is 0.280. The van der Waals surface area contributed by atoms with E-state index in [1.165, 1.54) is 0 Å². The summed E-state index contributed by atoms with van der Waals surface area (Å²) in [5.41, 5.74) is 4.68. The monoisotopic (exact) mass is 450 g/mol. The summed E-state index contributed by atoms with van der Waals surface area (Å²) in [6, 6.07) is 20.9. The van der Waals surface area contributed by atoms with Gasteiger partial charge in [0.1, 0.15) is 12.2 Å². The maximum atomic E-state index is 13.3. The number of benzene rings is 3. The van der Waals surface area contributed by atoms with Gasteiger partial charge in [0.2, 0.25) is 11.8 Å². The van der Waals surface area contributed by atoms with Crippen LogP contribution in [0.15, 0.2) is 66.7 Å². The van der Waals surface area contributed by atoms with Crippen LogP contribution in [0.4, 0.5) is 11.4 Å². The third-order valence-electron chi connectivity index (χ3n) is 6.40. The van der Waals surface area contributed by atoms with Gasteiger partial charge in [-0.05, 0) is 49.7 Å². The van der Waals surface area contributed by atoms with Crippen LogP contribution in [0.3, 0.4) is 0 Å². The van der Waals surface area contributed by atoms with Gasteiger partial charge in [-0.15, -0.1) is 0 Å². The Labute approximate surface area is 195 Å². The number of amides is 2. The van der Waals surface area contributed by atoms with Crippen LogP contribution in [0.1, 0.15) is 19.4 Å². The smallest absolute Gasteiger partial charge is 0.244 e. The first-order valence-corrected chi connectivity index (χ1v) is 11.1. The van der Waals surface area contributed by atoms with Gasteiger partial charge in [-0.2, -0.15) is 5.10 Å². The molecule has 1 aliphatic heterocycles. The first kappa shape index (κ1) is 20.2. The summed E-state index contributed by atoms with van der Waals surface area (Å²) < 4.78 is 0. The summed E-state index contributed by atoms with van der Waals surface area (Å²) in [5, 5.41) is 11.3. The first-order chi connectivity index (χ1) is 16.4. The molecule has 8 nitrogen and oxygen atoms in total. The van der Waals surface area contributed by atoms with Crippen molar-refractivity contribution in [3.05, 3.63) is 72.3 Å². The minimum absolute atomic E-state index is 0.0688. The lowest BCUT2D eigenvalue weighted by Crippen LogP contribution is -2.40. The molecule has 0 fully saturated rings. The Balaban J connectivity index is 1.38. The molecule has 8 heteroatoms. The lowest BCUT2D eigenvalue weighted by molar-refractivity contribution is -0.124. The Morgan fingerprint density at radius 2 is 1.79 bits per heavy atom. The lowest BCUT2D eigenvalue weighted by atomic mass is 9.86. The molecule has 0 saturated carbocycles. The predicted molar refractivity (Wildman–Crippen MR) is 132 cm³/mol. The number of hydrogen-bond acceptors (Lipinski definition) is 4. The number of nitrogens with one attached hydrogen (secondary N) is 3. The van der Waals surface area contributed by atoms with Crippen LogP contribution in [0.2, 0.25) is 0 Å². The SMILES string of the molecule is CC1(C)C(=O)N(CC(=O)Nc2ccccc2)c2cc3[nH]c(-c4n[nH]c5ccccc45)nc3cc21. The van der Waals surface area contributed by atoms with Crippen LogP contribution in [0, 0.1) is 0 Å². The van der Waals surface area contributed by atoms with E-state index in [4.69, 9.17) is 4.98 Å². The molecule has 5 aromatic rings. The predicted octanol–water partition coefficient (Wildman–Crippen LogP) is 4.37. The molecule has 3 aromatic carbocycles. The zero-order chi connectivity index (χ0) is 23.4. The van der Waals surface area contributed by atoms with Gasteiger partial charge >= 0.3 is 0 Å². The van der Waals surface area contributed by atoms with E-state index in [1.807, 2.05) is 80.6 Å². The number of aromatic nitrogens is 4. The average molecular weight is 451 g/mol. The van der Waals surface area contributed by atoms with Crippen LogP contribution in [-0.4, -0.2) is 38.5 Å². The maximum absolute atomic E-state index is 13.3. The van der Waals surface area contributed by atoms with Gasteiger partial charge in [-0.3, -0.25) is 14.7 Å². The van der Waals surface area contributed by atoms with Gasteiger partial charge in [0.25, 0.3) is 0 Å². The lowest BCUT2D eigenvalue weighted by Gasteiger charge is -2.20. The van der Waals surface area contributed by atoms with Gasteiger partial charge in [-0.25, -0.2) is 4.98 Å². The molecular formula is C26H22N6O2. The van der Waals surface area contributed by atoms with Gasteiger partial charge in [0.05, 0.1) is 27.7 Å². The molecule has 0 saturated heterocycles. The summed E-state index contributed by atoms with van der Waals surface area (Å²) >= 11 is 0. The molecule has 2 amide bonds. The van der Waals surface area contributed by atoms with Gasteiger partial charge < -0.3 is 15.2 Å². The zero-order valence-electron chi connectivity index (χ0n) is 18.7. The van der Waals surface area contributed by atoms with E-state index >= 15 is 0 Å². The topological polar surface area (TPSA) is 107 Å². The fourth-order valence-electron chi connectivity index (χ4n) is 4.61. The van der Waals surface area contributed by atoms with Crippen LogP contribution in [0.5, 0.6) is 0 Å². The molecule has 3 heterocycles. The average Bonchev–Trinajstić information content (AvgIpc) is 3.49. The second-order valence-electron chi connectivity index (χ2n) is 9.02. The number of H-pyrrole nitrogens is 2. The number of aromatic amines is 2. The molecule has 168 valence electrons. The van der Waals surface area contributed by atoms with E-state index in [-0.39, 0.29) is 18.4 Å². The fourth-order valence-corrected chi connectivity index (χ4v) is 4.61. The highest BCUT2D eigenvalue weighted by molar-refractivity contribution is 6.13. The van der Waals surface area contributed by atoms with E-state index in [0.717, 1.165) is 33.2 Å². The minimum Gasteiger partial charge on any atom is -0.337 e. The van der Waals surface area contributed by atoms with Crippen molar-refractivity contribution >= 4 is 45.1 Å². The van der Waals surface area contributed by atoms with Gasteiger partial charge in [0, 0.05) is 11.1 Å². The number of para-hydroxylation sites is 2. The highest BCUT2D eigenvalue weighted by Gasteiger charge is 2.45. The highest BCUT2D eigenvalue weighted by atomic mass is 16.2. The molecule has 0 spiro atoms. The molecular weight excluding hydrogens is 428 g/mol. The van der Waals surface area contributed by atoms with E-state index in [9.17, 15) is 9.59 Å². The molecule has 0 atom stereocenters. The molecule has 0 unspecified atom stereocenters. The molecule has 3 N–H and O–H groups in total. The number of fused-ring (bicyclic) bond motifs is 3. The molecule has 34 heavy (non-hydrogen) atoms. The number of carbonyl (C=O) groups is 2. The van der Waals surface area contributed by atoms with Crippen molar-refractivity contribution in [3.8, 4) is 11.5 Å². The minimum atomic E-state index is -0.769. The standard InChI is InChI=1S/C26H22N6O2/c1-26(2)17-12-19-20(29-24(28-19)23-16-10-6-7-11-18(16)30-31-23)13-21(17)32(25(26)34)14-22(33)27-15-8-4-3-5-9-15/h3-13H,14H2,1-2H3,(H,27,33)(H,28,29)(H,30,31). The van der Waals surface area contributed by atoms with Crippen molar-refractivity contribution < 1.29 is 9.59 Å². The Morgan fingerprint density at radius 3 is 2.62 bits per heavy atom. The van der Waals surface area contributed by atoms with E-state index in [2.05, 4.69) is 20.5 Å². The summed E-state index contributed by atoms with van der Waals surface area (Å²) in [7, 11) is 0. The summed E-state index contributed by atoms with van der Waals surface area (Å²) in [6.45, 7) is 3.69. The van der Waals surface area contributed by atoms with Gasteiger partial charge in [-0.1, -0.05) is 36.4 Å². The number of carbonyl (C=O) groups excluding carboxylic acids is 2. The van der Waals surface area contributed by atoms with Crippen molar-refractivity contribution in [3.63, 3.8) is 0 Å². The number of hydrogen-bond donors (Lipinski definition) is 3. The Hall–Kier alpha value is -4.46. The Kier molecular flexibility index (Phi) is 4.32. The Morgan fingerprint density at radius 1 is 1.03 bits per heavy atom. The summed E-state index contributed by atoms with van der Waals surface area (Å²) in [6.07, 6.45) is 0. The molecule has 1 aliphatic rings. The Bertz CT molecular complexity index is 1580. The summed E-state index contributed by atoms with van der Waals surface area (Å²) in [4.78, 5) is 35.7. The van der Waals surface area contributed by atoms with E-state index in [1.54, 1.807) is 4.90 Å². The molecule has 6 rings (SSSR count). The van der Waals surface area contributed by atoms with E-state index < -0.39 is 5.41 Å². The van der Waals surface area contributed by atoms with Crippen LogP contribution < -0.4 is 10.2 Å². The number of nitrogens with zero attached hydrogens (tertiary/aromatic N) is 3. The molecule has 0 radical (unpaired) electrons. The normalized spacial score (nSPS) is 14.6. The van der Waals surface area contributed by atoms with Crippen molar-refractivity contribution in [2.24, 2.45) is 0 Å². The van der Waals surface area contributed by atoms with Crippen molar-refractivity contribution in [2.75, 3.05) is 16.8 Å². The number of anilines is 2. The fraction of sp³-hybridized carbons (Fsp3) is 0.154. The van der Waals surface area contributed by atoms with Crippen LogP contribution >= 0.6 is 0 Å².